The van der Waals surface area contributed by atoms with Gasteiger partial charge < -0.3 is 19.9 Å². The Morgan fingerprint density at radius 3 is 2.67 bits per heavy atom. The first-order valence-corrected chi connectivity index (χ1v) is 16.1. The number of fused-ring (bicyclic) bond motifs is 2. The molecule has 2 aliphatic rings. The molecule has 0 radical (unpaired) electrons. The SMILES string of the molecule is O=C1COc2ccc(CN[C@H]3CC[C@H](C(Cn4c(=O)ccc5ncc(F)cc54)NS(=O)(=O)c4ccccc4[N+](=O)[O-])CC3)nc2N1. The van der Waals surface area contributed by atoms with E-state index in [2.05, 4.69) is 25.3 Å². The number of rotatable bonds is 10. The maximum atomic E-state index is 14.2. The van der Waals surface area contributed by atoms with Crippen LogP contribution in [0.3, 0.4) is 0 Å². The summed E-state index contributed by atoms with van der Waals surface area (Å²) in [4.78, 5) is 43.6. The first kappa shape index (κ1) is 31.2. The van der Waals surface area contributed by atoms with E-state index in [1.807, 2.05) is 6.07 Å². The highest BCUT2D eigenvalue weighted by Crippen LogP contribution is 2.31. The summed E-state index contributed by atoms with van der Waals surface area (Å²) >= 11 is 0. The number of anilines is 1. The largest absolute Gasteiger partial charge is 0.480 e. The van der Waals surface area contributed by atoms with Crippen LogP contribution in [0.4, 0.5) is 15.9 Å². The van der Waals surface area contributed by atoms with E-state index >= 15 is 0 Å². The standard InChI is InChI=1S/C30H30FN7O7S/c31-19-13-25-22(33-14-19)10-12-29(40)37(25)16-23(36-46(43,44)27-4-2-1-3-24(27)38(41)42)18-5-7-20(8-6-18)32-15-21-9-11-26-30(34-21)35-28(39)17-45-26/h1-4,9-14,18,20,23,32,36H,5-8,15-17H2,(H,34,35,39)/t18-,20-,23?. The predicted octanol–water partition coefficient (Wildman–Crippen LogP) is 2.87. The summed E-state index contributed by atoms with van der Waals surface area (Å²) in [6.07, 6.45) is 3.49. The van der Waals surface area contributed by atoms with E-state index in [1.165, 1.54) is 34.9 Å². The molecule has 1 saturated carbocycles. The molecule has 1 unspecified atom stereocenters. The number of sulfonamides is 1. The normalized spacial score (nSPS) is 18.8. The van der Waals surface area contributed by atoms with Gasteiger partial charge in [0.2, 0.25) is 10.0 Å². The lowest BCUT2D eigenvalue weighted by Gasteiger charge is -2.35. The summed E-state index contributed by atoms with van der Waals surface area (Å²) in [5.41, 5.74) is 0.229. The number of nitro groups is 1. The van der Waals surface area contributed by atoms with Gasteiger partial charge in [-0.05, 0) is 55.9 Å². The van der Waals surface area contributed by atoms with Gasteiger partial charge in [-0.2, -0.15) is 0 Å². The molecular weight excluding hydrogens is 621 g/mol. The Hall–Kier alpha value is -4.80. The number of hydrogen-bond acceptors (Lipinski definition) is 10. The Bertz CT molecular complexity index is 1980. The molecule has 3 aromatic heterocycles. The van der Waals surface area contributed by atoms with Gasteiger partial charge in [0.25, 0.3) is 17.2 Å². The number of nitro benzene ring substituents is 1. The van der Waals surface area contributed by atoms with Gasteiger partial charge in [0.05, 0.1) is 27.8 Å². The van der Waals surface area contributed by atoms with E-state index in [9.17, 15) is 32.5 Å². The van der Waals surface area contributed by atoms with Gasteiger partial charge in [0.1, 0.15) is 5.82 Å². The minimum Gasteiger partial charge on any atom is -0.480 e. The van der Waals surface area contributed by atoms with Crippen molar-refractivity contribution in [3.63, 3.8) is 0 Å². The van der Waals surface area contributed by atoms with Gasteiger partial charge in [0.15, 0.2) is 23.1 Å². The van der Waals surface area contributed by atoms with Crippen LogP contribution in [0.5, 0.6) is 5.75 Å². The molecule has 6 rings (SSSR count). The second-order valence-corrected chi connectivity index (χ2v) is 13.0. The highest BCUT2D eigenvalue weighted by atomic mass is 32.2. The Morgan fingerprint density at radius 1 is 1.11 bits per heavy atom. The number of hydrogen-bond donors (Lipinski definition) is 3. The highest BCUT2D eigenvalue weighted by molar-refractivity contribution is 7.89. The number of benzene rings is 1. The van der Waals surface area contributed by atoms with Crippen LogP contribution in [0.1, 0.15) is 31.4 Å². The Labute approximate surface area is 262 Å². The number of para-hydroxylation sites is 1. The lowest BCUT2D eigenvalue weighted by Crippen LogP contribution is -2.47. The zero-order valence-electron chi connectivity index (χ0n) is 24.4. The predicted molar refractivity (Wildman–Crippen MR) is 164 cm³/mol. The molecule has 1 aliphatic heterocycles. The quantitative estimate of drug-likeness (QED) is 0.170. The van der Waals surface area contributed by atoms with Gasteiger partial charge in [-0.3, -0.25) is 24.7 Å². The molecule has 0 bridgehead atoms. The third-order valence-electron chi connectivity index (χ3n) is 8.29. The van der Waals surface area contributed by atoms with Gasteiger partial charge in [0, 0.05) is 43.4 Å². The van der Waals surface area contributed by atoms with Crippen molar-refractivity contribution < 1.29 is 27.3 Å². The highest BCUT2D eigenvalue weighted by Gasteiger charge is 2.34. The average Bonchev–Trinajstić information content (AvgIpc) is 3.04. The summed E-state index contributed by atoms with van der Waals surface area (Å²) in [7, 11) is -4.41. The van der Waals surface area contributed by atoms with Crippen LogP contribution in [-0.2, 0) is 27.9 Å². The molecule has 1 aliphatic carbocycles. The maximum Gasteiger partial charge on any atom is 0.289 e. The number of halogens is 1. The van der Waals surface area contributed by atoms with Gasteiger partial charge in [-0.25, -0.2) is 22.5 Å². The van der Waals surface area contributed by atoms with E-state index in [0.29, 0.717) is 55.0 Å². The maximum absolute atomic E-state index is 14.2. The van der Waals surface area contributed by atoms with Crippen LogP contribution >= 0.6 is 0 Å². The van der Waals surface area contributed by atoms with Crippen molar-refractivity contribution in [1.82, 2.24) is 24.6 Å². The summed E-state index contributed by atoms with van der Waals surface area (Å²) in [6.45, 7) is 0.227. The Balaban J connectivity index is 1.22. The fraction of sp³-hybridized carbons (Fsp3) is 0.333. The second-order valence-electron chi connectivity index (χ2n) is 11.3. The van der Waals surface area contributed by atoms with Crippen LogP contribution in [0.2, 0.25) is 0 Å². The first-order chi connectivity index (χ1) is 22.1. The number of nitrogens with zero attached hydrogens (tertiary/aromatic N) is 4. The first-order valence-electron chi connectivity index (χ1n) is 14.6. The van der Waals surface area contributed by atoms with Crippen LogP contribution in [0.25, 0.3) is 11.0 Å². The molecule has 4 heterocycles. The summed E-state index contributed by atoms with van der Waals surface area (Å²) in [5.74, 6) is -0.316. The minimum absolute atomic E-state index is 0.0577. The van der Waals surface area contributed by atoms with Crippen molar-refractivity contribution in [2.24, 2.45) is 5.92 Å². The van der Waals surface area contributed by atoms with E-state index in [4.69, 9.17) is 4.74 Å². The average molecular weight is 652 g/mol. The van der Waals surface area contributed by atoms with Gasteiger partial charge in [-0.1, -0.05) is 12.1 Å². The van der Waals surface area contributed by atoms with Crippen LogP contribution in [0.15, 0.2) is 70.5 Å². The van der Waals surface area contributed by atoms with Gasteiger partial charge in [-0.15, -0.1) is 0 Å². The molecule has 4 aromatic rings. The van der Waals surface area contributed by atoms with Crippen molar-refractivity contribution in [1.29, 1.82) is 0 Å². The summed E-state index contributed by atoms with van der Waals surface area (Å²) in [6, 6.07) is 11.8. The van der Waals surface area contributed by atoms with Crippen molar-refractivity contribution in [3.05, 3.63) is 92.8 Å². The molecule has 240 valence electrons. The van der Waals surface area contributed by atoms with Crippen LogP contribution in [0, 0.1) is 21.8 Å². The van der Waals surface area contributed by atoms with Crippen LogP contribution in [-0.4, -0.2) is 52.5 Å². The molecule has 3 N–H and O–H groups in total. The topological polar surface area (TPSA) is 187 Å². The molecule has 46 heavy (non-hydrogen) atoms. The number of aromatic nitrogens is 3. The van der Waals surface area contributed by atoms with Crippen LogP contribution < -0.4 is 25.7 Å². The third-order valence-corrected chi connectivity index (χ3v) is 9.82. The number of carbonyl (C=O) groups excluding carboxylic acids is 1. The zero-order chi connectivity index (χ0) is 32.4. The molecule has 1 atom stereocenters. The fourth-order valence-corrected chi connectivity index (χ4v) is 7.45. The Kier molecular flexibility index (Phi) is 8.75. The zero-order valence-corrected chi connectivity index (χ0v) is 25.2. The smallest absolute Gasteiger partial charge is 0.289 e. The number of nitrogens with one attached hydrogen (secondary N) is 3. The fourth-order valence-electron chi connectivity index (χ4n) is 5.99. The van der Waals surface area contributed by atoms with Crippen molar-refractivity contribution in [2.45, 2.75) is 55.8 Å². The molecule has 0 saturated heterocycles. The molecule has 1 fully saturated rings. The molecule has 1 amide bonds. The van der Waals surface area contributed by atoms with E-state index in [1.54, 1.807) is 6.07 Å². The lowest BCUT2D eigenvalue weighted by molar-refractivity contribution is -0.387. The molecular formula is C30H30FN7O7S. The minimum atomic E-state index is -4.41. The van der Waals surface area contributed by atoms with E-state index < -0.39 is 42.9 Å². The van der Waals surface area contributed by atoms with Crippen molar-refractivity contribution in [3.8, 4) is 5.75 Å². The number of pyridine rings is 3. The molecule has 0 spiro atoms. The molecule has 14 nitrogen and oxygen atoms in total. The molecule has 1 aromatic carbocycles. The van der Waals surface area contributed by atoms with E-state index in [0.717, 1.165) is 18.3 Å². The van der Waals surface area contributed by atoms with Crippen molar-refractivity contribution in [2.75, 3.05) is 11.9 Å². The summed E-state index contributed by atoms with van der Waals surface area (Å²) < 4.78 is 50.7. The molecule has 16 heteroatoms. The second kappa shape index (κ2) is 12.9. The Morgan fingerprint density at radius 2 is 1.89 bits per heavy atom. The third kappa shape index (κ3) is 6.73. The monoisotopic (exact) mass is 651 g/mol. The van der Waals surface area contributed by atoms with Crippen molar-refractivity contribution >= 4 is 38.5 Å². The van der Waals surface area contributed by atoms with Gasteiger partial charge >= 0.3 is 0 Å². The lowest BCUT2D eigenvalue weighted by atomic mass is 9.81. The summed E-state index contributed by atoms with van der Waals surface area (Å²) in [5, 5.41) is 17.8. The number of amides is 1. The number of ether oxygens (including phenoxy) is 1. The number of carbonyl (C=O) groups is 1. The van der Waals surface area contributed by atoms with E-state index in [-0.39, 0.29) is 36.5 Å².